The molecule has 0 aromatic carbocycles. The Labute approximate surface area is 101 Å². The molecule has 1 N–H and O–H groups in total. The van der Waals surface area contributed by atoms with Crippen LogP contribution in [0.2, 0.25) is 0 Å². The summed E-state index contributed by atoms with van der Waals surface area (Å²) in [6, 6.07) is 0. The van der Waals surface area contributed by atoms with Crippen LogP contribution < -0.4 is 5.32 Å². The fourth-order valence-electron chi connectivity index (χ4n) is 1.38. The Morgan fingerprint density at radius 1 is 1.13 bits per heavy atom. The van der Waals surface area contributed by atoms with Crippen molar-refractivity contribution < 1.29 is 0 Å². The van der Waals surface area contributed by atoms with Gasteiger partial charge >= 0.3 is 0 Å². The van der Waals surface area contributed by atoms with E-state index in [4.69, 9.17) is 0 Å². The molecule has 0 aromatic rings. The molecule has 0 bridgehead atoms. The average molecular weight is 231 g/mol. The highest BCUT2D eigenvalue weighted by Crippen LogP contribution is 2.31. The van der Waals surface area contributed by atoms with Crippen LogP contribution in [0, 0.1) is 11.3 Å². The summed E-state index contributed by atoms with van der Waals surface area (Å²) in [4.78, 5) is 0. The first-order valence-corrected chi connectivity index (χ1v) is 7.34. The molecule has 92 valence electrons. The van der Waals surface area contributed by atoms with Crippen LogP contribution in [0.15, 0.2) is 0 Å². The summed E-state index contributed by atoms with van der Waals surface area (Å²) in [5, 5.41) is 3.64. The molecule has 0 saturated heterocycles. The third-order valence-corrected chi connectivity index (χ3v) is 3.91. The van der Waals surface area contributed by atoms with Gasteiger partial charge in [0.25, 0.3) is 0 Å². The first kappa shape index (κ1) is 15.3. The molecule has 0 spiro atoms. The van der Waals surface area contributed by atoms with Gasteiger partial charge in [-0.05, 0) is 50.5 Å². The van der Waals surface area contributed by atoms with E-state index in [9.17, 15) is 0 Å². The molecule has 0 amide bonds. The maximum absolute atomic E-state index is 3.64. The van der Waals surface area contributed by atoms with E-state index in [0.717, 1.165) is 12.5 Å². The van der Waals surface area contributed by atoms with Crippen molar-refractivity contribution in [2.24, 2.45) is 11.3 Å². The summed E-state index contributed by atoms with van der Waals surface area (Å²) in [7, 11) is 0. The number of thioether (sulfide) groups is 1. The summed E-state index contributed by atoms with van der Waals surface area (Å²) in [5.74, 6) is 2.00. The Morgan fingerprint density at radius 2 is 1.67 bits per heavy atom. The molecule has 0 radical (unpaired) electrons. The fraction of sp³-hybridized carbons (Fsp3) is 1.00. The quantitative estimate of drug-likeness (QED) is 0.746. The zero-order chi connectivity index (χ0) is 12.1. The van der Waals surface area contributed by atoms with Crippen molar-refractivity contribution in [1.82, 2.24) is 5.32 Å². The Bertz CT molecular complexity index is 172. The van der Waals surface area contributed by atoms with E-state index >= 15 is 0 Å². The van der Waals surface area contributed by atoms with E-state index in [2.05, 4.69) is 53.1 Å². The molecule has 1 atom stereocenters. The molecular weight excluding hydrogens is 202 g/mol. The SMILES string of the molecule is CSCCC(C)(CNC(C)(C)C)C(C)C. The summed E-state index contributed by atoms with van der Waals surface area (Å²) in [6.07, 6.45) is 3.49. The van der Waals surface area contributed by atoms with Crippen molar-refractivity contribution in [2.75, 3.05) is 18.6 Å². The molecule has 0 saturated carbocycles. The van der Waals surface area contributed by atoms with Crippen LogP contribution in [0.4, 0.5) is 0 Å². The van der Waals surface area contributed by atoms with Crippen molar-refractivity contribution in [3.63, 3.8) is 0 Å². The lowest BCUT2D eigenvalue weighted by molar-refractivity contribution is 0.183. The van der Waals surface area contributed by atoms with E-state index in [1.807, 2.05) is 11.8 Å². The zero-order valence-corrected chi connectivity index (χ0v) is 12.4. The lowest BCUT2D eigenvalue weighted by Gasteiger charge is -2.37. The van der Waals surface area contributed by atoms with E-state index in [1.165, 1.54) is 12.2 Å². The van der Waals surface area contributed by atoms with Crippen LogP contribution in [-0.2, 0) is 0 Å². The predicted octanol–water partition coefficient (Wildman–Crippen LogP) is 3.79. The van der Waals surface area contributed by atoms with E-state index in [-0.39, 0.29) is 5.54 Å². The normalized spacial score (nSPS) is 16.8. The van der Waals surface area contributed by atoms with Crippen molar-refractivity contribution in [1.29, 1.82) is 0 Å². The van der Waals surface area contributed by atoms with E-state index < -0.39 is 0 Å². The van der Waals surface area contributed by atoms with Gasteiger partial charge in [0.15, 0.2) is 0 Å². The molecule has 0 aromatic heterocycles. The highest BCUT2D eigenvalue weighted by Gasteiger charge is 2.28. The molecule has 0 aliphatic carbocycles. The van der Waals surface area contributed by atoms with Gasteiger partial charge in [0.1, 0.15) is 0 Å². The molecule has 2 heteroatoms. The first-order chi connectivity index (χ1) is 6.71. The Hall–Kier alpha value is 0.310. The van der Waals surface area contributed by atoms with E-state index in [1.54, 1.807) is 0 Å². The van der Waals surface area contributed by atoms with Gasteiger partial charge in [-0.25, -0.2) is 0 Å². The highest BCUT2D eigenvalue weighted by atomic mass is 32.2. The van der Waals surface area contributed by atoms with Gasteiger partial charge in [0, 0.05) is 12.1 Å². The summed E-state index contributed by atoms with van der Waals surface area (Å²) in [5.41, 5.74) is 0.659. The minimum atomic E-state index is 0.232. The Kier molecular flexibility index (Phi) is 6.27. The second kappa shape index (κ2) is 6.15. The van der Waals surface area contributed by atoms with Gasteiger partial charge in [-0.15, -0.1) is 0 Å². The summed E-state index contributed by atoms with van der Waals surface area (Å²) >= 11 is 1.95. The molecule has 0 aliphatic rings. The minimum Gasteiger partial charge on any atom is -0.312 e. The van der Waals surface area contributed by atoms with Crippen LogP contribution in [0.25, 0.3) is 0 Å². The van der Waals surface area contributed by atoms with Crippen molar-refractivity contribution in [3.05, 3.63) is 0 Å². The maximum Gasteiger partial charge on any atom is 0.00967 e. The van der Waals surface area contributed by atoms with Crippen LogP contribution in [-0.4, -0.2) is 24.1 Å². The summed E-state index contributed by atoms with van der Waals surface area (Å²) in [6.45, 7) is 14.9. The largest absolute Gasteiger partial charge is 0.312 e. The lowest BCUT2D eigenvalue weighted by Crippen LogP contribution is -2.45. The maximum atomic E-state index is 3.64. The van der Waals surface area contributed by atoms with Crippen LogP contribution >= 0.6 is 11.8 Å². The third-order valence-electron chi connectivity index (χ3n) is 3.29. The number of hydrogen-bond acceptors (Lipinski definition) is 2. The third kappa shape index (κ3) is 6.47. The van der Waals surface area contributed by atoms with Gasteiger partial charge in [0.05, 0.1) is 0 Å². The topological polar surface area (TPSA) is 12.0 Å². The van der Waals surface area contributed by atoms with Crippen molar-refractivity contribution in [2.45, 2.75) is 53.5 Å². The predicted molar refractivity (Wildman–Crippen MR) is 73.7 cm³/mol. The molecular formula is C13H29NS. The molecule has 1 nitrogen and oxygen atoms in total. The minimum absolute atomic E-state index is 0.232. The second-order valence-electron chi connectivity index (χ2n) is 6.16. The Morgan fingerprint density at radius 3 is 2.00 bits per heavy atom. The van der Waals surface area contributed by atoms with Gasteiger partial charge in [0.2, 0.25) is 0 Å². The van der Waals surface area contributed by atoms with Crippen LogP contribution in [0.1, 0.15) is 48.0 Å². The fourth-order valence-corrected chi connectivity index (χ4v) is 2.05. The number of hydrogen-bond donors (Lipinski definition) is 1. The average Bonchev–Trinajstić information content (AvgIpc) is 2.10. The molecule has 1 unspecified atom stereocenters. The zero-order valence-electron chi connectivity index (χ0n) is 11.6. The van der Waals surface area contributed by atoms with Crippen LogP contribution in [0.3, 0.4) is 0 Å². The van der Waals surface area contributed by atoms with Crippen LogP contribution in [0.5, 0.6) is 0 Å². The van der Waals surface area contributed by atoms with E-state index in [0.29, 0.717) is 5.41 Å². The van der Waals surface area contributed by atoms with Gasteiger partial charge in [-0.3, -0.25) is 0 Å². The molecule has 0 rings (SSSR count). The van der Waals surface area contributed by atoms with Gasteiger partial charge < -0.3 is 5.32 Å². The lowest BCUT2D eigenvalue weighted by atomic mass is 9.76. The summed E-state index contributed by atoms with van der Waals surface area (Å²) < 4.78 is 0. The molecule has 15 heavy (non-hydrogen) atoms. The smallest absolute Gasteiger partial charge is 0.00967 e. The van der Waals surface area contributed by atoms with Gasteiger partial charge in [-0.2, -0.15) is 11.8 Å². The van der Waals surface area contributed by atoms with Crippen molar-refractivity contribution >= 4 is 11.8 Å². The first-order valence-electron chi connectivity index (χ1n) is 5.95. The standard InChI is InChI=1S/C13H29NS/c1-11(2)13(6,8-9-15-7)10-14-12(3,4)5/h11,14H,8-10H2,1-7H3. The monoisotopic (exact) mass is 231 g/mol. The Balaban J connectivity index is 4.25. The van der Waals surface area contributed by atoms with Crippen molar-refractivity contribution in [3.8, 4) is 0 Å². The second-order valence-corrected chi connectivity index (χ2v) is 7.14. The molecule has 0 fully saturated rings. The molecule has 0 aliphatic heterocycles. The van der Waals surface area contributed by atoms with Gasteiger partial charge in [-0.1, -0.05) is 20.8 Å². The number of nitrogens with one attached hydrogen (secondary N) is 1. The highest BCUT2D eigenvalue weighted by molar-refractivity contribution is 7.98. The number of rotatable bonds is 6. The molecule has 0 heterocycles.